The monoisotopic (exact) mass is 336 g/mol. The number of benzene rings is 2. The fourth-order valence-electron chi connectivity index (χ4n) is 1.91. The third-order valence-corrected chi connectivity index (χ3v) is 4.61. The van der Waals surface area contributed by atoms with Crippen molar-refractivity contribution in [3.05, 3.63) is 66.0 Å². The van der Waals surface area contributed by atoms with Gasteiger partial charge in [-0.15, -0.1) is 0 Å². The maximum atomic E-state index is 13.4. The summed E-state index contributed by atoms with van der Waals surface area (Å²) in [7, 11) is -3.62. The summed E-state index contributed by atoms with van der Waals surface area (Å²) in [5.41, 5.74) is 0.380. The average molecular weight is 336 g/mol. The van der Waals surface area contributed by atoms with E-state index in [1.54, 1.807) is 36.4 Å². The van der Waals surface area contributed by atoms with Gasteiger partial charge in [-0.3, -0.25) is 4.79 Å². The van der Waals surface area contributed by atoms with Gasteiger partial charge >= 0.3 is 0 Å². The van der Waals surface area contributed by atoms with Crippen LogP contribution >= 0.6 is 0 Å². The van der Waals surface area contributed by atoms with E-state index in [0.717, 1.165) is 0 Å². The first kappa shape index (κ1) is 17.1. The Morgan fingerprint density at radius 3 is 2.35 bits per heavy atom. The lowest BCUT2D eigenvalue weighted by Crippen LogP contribution is -2.30. The van der Waals surface area contributed by atoms with E-state index in [-0.39, 0.29) is 30.3 Å². The highest BCUT2D eigenvalue weighted by atomic mass is 32.2. The summed E-state index contributed by atoms with van der Waals surface area (Å²) in [6.45, 7) is 0.0390. The molecule has 7 heteroatoms. The number of rotatable bonds is 7. The normalized spacial score (nSPS) is 11.2. The summed E-state index contributed by atoms with van der Waals surface area (Å²) in [6.07, 6.45) is -0.0273. The lowest BCUT2D eigenvalue weighted by molar-refractivity contribution is -0.121. The van der Waals surface area contributed by atoms with Crippen molar-refractivity contribution in [3.8, 4) is 0 Å². The molecular formula is C16H17FN2O3S. The average Bonchev–Trinajstić information content (AvgIpc) is 2.55. The Labute approximate surface area is 134 Å². The van der Waals surface area contributed by atoms with Crippen molar-refractivity contribution in [2.75, 3.05) is 6.54 Å². The summed E-state index contributed by atoms with van der Waals surface area (Å²) >= 11 is 0. The second-order valence-electron chi connectivity index (χ2n) is 4.83. The van der Waals surface area contributed by atoms with Gasteiger partial charge in [0.1, 0.15) is 5.82 Å². The lowest BCUT2D eigenvalue weighted by Gasteiger charge is -2.08. The second kappa shape index (κ2) is 7.85. The van der Waals surface area contributed by atoms with Crippen LogP contribution in [-0.2, 0) is 21.4 Å². The molecule has 0 fully saturated rings. The molecule has 2 aromatic carbocycles. The van der Waals surface area contributed by atoms with Gasteiger partial charge in [0.2, 0.25) is 15.9 Å². The van der Waals surface area contributed by atoms with Crippen LogP contribution in [0.15, 0.2) is 59.5 Å². The van der Waals surface area contributed by atoms with Gasteiger partial charge in [-0.1, -0.05) is 36.4 Å². The number of carbonyl (C=O) groups excluding carboxylic acids is 1. The third kappa shape index (κ3) is 5.15. The highest BCUT2D eigenvalue weighted by Gasteiger charge is 2.13. The number of carbonyl (C=O) groups is 1. The molecule has 2 aromatic rings. The van der Waals surface area contributed by atoms with Gasteiger partial charge in [-0.05, 0) is 18.2 Å². The quantitative estimate of drug-likeness (QED) is 0.810. The Hall–Kier alpha value is -2.25. The molecule has 2 rings (SSSR count). The van der Waals surface area contributed by atoms with Crippen molar-refractivity contribution < 1.29 is 17.6 Å². The molecule has 0 atom stereocenters. The summed E-state index contributed by atoms with van der Waals surface area (Å²) in [5, 5.41) is 2.55. The Morgan fingerprint density at radius 2 is 1.65 bits per heavy atom. The van der Waals surface area contributed by atoms with Crippen molar-refractivity contribution in [3.63, 3.8) is 0 Å². The molecule has 0 saturated heterocycles. The molecular weight excluding hydrogens is 319 g/mol. The molecule has 0 saturated carbocycles. The fraction of sp³-hybridized carbons (Fsp3) is 0.188. The van der Waals surface area contributed by atoms with Crippen molar-refractivity contribution in [1.29, 1.82) is 0 Å². The van der Waals surface area contributed by atoms with Gasteiger partial charge in [-0.25, -0.2) is 17.5 Å². The minimum Gasteiger partial charge on any atom is -0.352 e. The Morgan fingerprint density at radius 1 is 1.00 bits per heavy atom. The SMILES string of the molecule is O=C(CCNS(=O)(=O)c1ccccc1)NCc1ccccc1F. The molecule has 0 aliphatic carbocycles. The Kier molecular flexibility index (Phi) is 5.84. The third-order valence-electron chi connectivity index (χ3n) is 3.13. The summed E-state index contributed by atoms with van der Waals surface area (Å²) in [5.74, 6) is -0.749. The topological polar surface area (TPSA) is 75.3 Å². The summed E-state index contributed by atoms with van der Waals surface area (Å²) < 4.78 is 39.6. The highest BCUT2D eigenvalue weighted by Crippen LogP contribution is 2.07. The van der Waals surface area contributed by atoms with E-state index in [1.807, 2.05) is 0 Å². The van der Waals surface area contributed by atoms with Crippen molar-refractivity contribution >= 4 is 15.9 Å². The van der Waals surface area contributed by atoms with Crippen LogP contribution in [0.1, 0.15) is 12.0 Å². The highest BCUT2D eigenvalue weighted by molar-refractivity contribution is 7.89. The van der Waals surface area contributed by atoms with Gasteiger partial charge in [-0.2, -0.15) is 0 Å². The first-order valence-electron chi connectivity index (χ1n) is 7.04. The van der Waals surface area contributed by atoms with E-state index in [4.69, 9.17) is 0 Å². The van der Waals surface area contributed by atoms with Crippen molar-refractivity contribution in [1.82, 2.24) is 10.0 Å². The second-order valence-corrected chi connectivity index (χ2v) is 6.60. The van der Waals surface area contributed by atoms with Gasteiger partial charge < -0.3 is 5.32 Å². The number of sulfonamides is 1. The molecule has 0 heterocycles. The van der Waals surface area contributed by atoms with Gasteiger partial charge in [0.25, 0.3) is 0 Å². The molecule has 1 amide bonds. The van der Waals surface area contributed by atoms with E-state index < -0.39 is 15.8 Å². The molecule has 23 heavy (non-hydrogen) atoms. The zero-order chi connectivity index (χ0) is 16.7. The maximum Gasteiger partial charge on any atom is 0.240 e. The smallest absolute Gasteiger partial charge is 0.240 e. The predicted octanol–water partition coefficient (Wildman–Crippen LogP) is 1.81. The van der Waals surface area contributed by atoms with Gasteiger partial charge in [0.15, 0.2) is 0 Å². The van der Waals surface area contributed by atoms with Crippen molar-refractivity contribution in [2.45, 2.75) is 17.9 Å². The van der Waals surface area contributed by atoms with Crippen LogP contribution in [0.4, 0.5) is 4.39 Å². The Bertz CT molecular complexity index is 764. The summed E-state index contributed by atoms with van der Waals surface area (Å²) in [6, 6.07) is 14.0. The van der Waals surface area contributed by atoms with E-state index in [9.17, 15) is 17.6 Å². The van der Waals surface area contributed by atoms with E-state index in [1.165, 1.54) is 18.2 Å². The maximum absolute atomic E-state index is 13.4. The van der Waals surface area contributed by atoms with E-state index in [0.29, 0.717) is 5.56 Å². The number of amides is 1. The lowest BCUT2D eigenvalue weighted by atomic mass is 10.2. The van der Waals surface area contributed by atoms with Crippen LogP contribution in [0.2, 0.25) is 0 Å². The number of nitrogens with one attached hydrogen (secondary N) is 2. The van der Waals surface area contributed by atoms with Crippen LogP contribution in [0, 0.1) is 5.82 Å². The zero-order valence-electron chi connectivity index (χ0n) is 12.3. The molecule has 2 N–H and O–H groups in total. The Balaban J connectivity index is 1.78. The largest absolute Gasteiger partial charge is 0.352 e. The molecule has 5 nitrogen and oxygen atoms in total. The molecule has 0 bridgehead atoms. The molecule has 0 spiro atoms. The fourth-order valence-corrected chi connectivity index (χ4v) is 2.96. The number of hydrogen-bond donors (Lipinski definition) is 2. The van der Waals surface area contributed by atoms with Gasteiger partial charge in [0.05, 0.1) is 4.90 Å². The van der Waals surface area contributed by atoms with Crippen LogP contribution in [-0.4, -0.2) is 20.9 Å². The molecule has 0 aliphatic heterocycles. The standard InChI is InChI=1S/C16H17FN2O3S/c17-15-9-5-4-6-13(15)12-18-16(20)10-11-19-23(21,22)14-7-2-1-3-8-14/h1-9,19H,10-12H2,(H,18,20). The van der Waals surface area contributed by atoms with Crippen LogP contribution in [0.25, 0.3) is 0 Å². The molecule has 0 aliphatic rings. The number of halogens is 1. The first-order valence-corrected chi connectivity index (χ1v) is 8.52. The van der Waals surface area contributed by atoms with Crippen LogP contribution < -0.4 is 10.0 Å². The minimum atomic E-state index is -3.62. The first-order chi connectivity index (χ1) is 11.0. The van der Waals surface area contributed by atoms with E-state index >= 15 is 0 Å². The van der Waals surface area contributed by atoms with Gasteiger partial charge in [0, 0.05) is 25.1 Å². The molecule has 0 unspecified atom stereocenters. The molecule has 122 valence electrons. The number of hydrogen-bond acceptors (Lipinski definition) is 3. The van der Waals surface area contributed by atoms with E-state index in [2.05, 4.69) is 10.0 Å². The van der Waals surface area contributed by atoms with Crippen molar-refractivity contribution in [2.24, 2.45) is 0 Å². The van der Waals surface area contributed by atoms with Crippen LogP contribution in [0.5, 0.6) is 0 Å². The van der Waals surface area contributed by atoms with Crippen LogP contribution in [0.3, 0.4) is 0 Å². The predicted molar refractivity (Wildman–Crippen MR) is 84.5 cm³/mol. The zero-order valence-corrected chi connectivity index (χ0v) is 13.1. The molecule has 0 aromatic heterocycles. The molecule has 0 radical (unpaired) electrons. The minimum absolute atomic E-state index is 0.0273. The summed E-state index contributed by atoms with van der Waals surface area (Å²) in [4.78, 5) is 11.8.